The number of thioether (sulfide) groups is 1. The minimum Gasteiger partial charge on any atom is -0.454 e. The van der Waals surface area contributed by atoms with Crippen LogP contribution >= 0.6 is 11.8 Å². The Hall–Kier alpha value is -2.40. The summed E-state index contributed by atoms with van der Waals surface area (Å²) >= 11 is 1.64. The lowest BCUT2D eigenvalue weighted by Gasteiger charge is -2.02. The molecule has 0 radical (unpaired) electrons. The lowest BCUT2D eigenvalue weighted by Crippen LogP contribution is -2.12. The van der Waals surface area contributed by atoms with Gasteiger partial charge in [-0.25, -0.2) is 9.18 Å². The second-order valence-corrected chi connectivity index (χ2v) is 5.52. The van der Waals surface area contributed by atoms with Crippen LogP contribution in [0.5, 0.6) is 0 Å². The molecule has 0 saturated heterocycles. The smallest absolute Gasteiger partial charge is 0.331 e. The molecule has 2 aromatic rings. The molecule has 0 bridgehead atoms. The Kier molecular flexibility index (Phi) is 6.11. The van der Waals surface area contributed by atoms with Gasteiger partial charge in [-0.15, -0.1) is 11.8 Å². The third-order valence-corrected chi connectivity index (χ3v) is 3.78. The largest absolute Gasteiger partial charge is 0.454 e. The Bertz CT molecular complexity index is 706. The van der Waals surface area contributed by atoms with Crippen LogP contribution in [0.4, 0.5) is 4.39 Å². The number of ether oxygens (including phenoxy) is 1. The van der Waals surface area contributed by atoms with E-state index in [0.717, 1.165) is 10.5 Å². The SMILES string of the molecule is CSc1ccc(/C=C/C(=O)OCC(=O)c2ccc(F)cc2)cc1. The van der Waals surface area contributed by atoms with E-state index in [9.17, 15) is 14.0 Å². The van der Waals surface area contributed by atoms with Crippen LogP contribution in [0.1, 0.15) is 15.9 Å². The minimum atomic E-state index is -0.602. The number of esters is 1. The van der Waals surface area contributed by atoms with Gasteiger partial charge in [-0.05, 0) is 54.3 Å². The van der Waals surface area contributed by atoms with Gasteiger partial charge in [0.15, 0.2) is 12.4 Å². The predicted molar refractivity (Wildman–Crippen MR) is 88.9 cm³/mol. The van der Waals surface area contributed by atoms with Gasteiger partial charge in [0.05, 0.1) is 0 Å². The summed E-state index contributed by atoms with van der Waals surface area (Å²) in [6.07, 6.45) is 4.88. The molecule has 2 aromatic carbocycles. The van der Waals surface area contributed by atoms with E-state index in [4.69, 9.17) is 4.74 Å². The zero-order valence-electron chi connectivity index (χ0n) is 12.5. The number of benzene rings is 2. The predicted octanol–water partition coefficient (Wildman–Crippen LogP) is 3.99. The van der Waals surface area contributed by atoms with E-state index >= 15 is 0 Å². The molecule has 0 fully saturated rings. The first kappa shape index (κ1) is 17.0. The van der Waals surface area contributed by atoms with Crippen molar-refractivity contribution < 1.29 is 18.7 Å². The van der Waals surface area contributed by atoms with Crippen molar-refractivity contribution in [3.63, 3.8) is 0 Å². The van der Waals surface area contributed by atoms with E-state index in [-0.39, 0.29) is 12.4 Å². The lowest BCUT2D eigenvalue weighted by atomic mass is 10.1. The summed E-state index contributed by atoms with van der Waals surface area (Å²) in [4.78, 5) is 24.5. The highest BCUT2D eigenvalue weighted by Crippen LogP contribution is 2.15. The molecule has 0 unspecified atom stereocenters. The molecule has 0 aliphatic heterocycles. The maximum absolute atomic E-state index is 12.8. The fraction of sp³-hybridized carbons (Fsp3) is 0.111. The van der Waals surface area contributed by atoms with Crippen molar-refractivity contribution in [1.82, 2.24) is 0 Å². The summed E-state index contributed by atoms with van der Waals surface area (Å²) in [5, 5.41) is 0. The zero-order chi connectivity index (χ0) is 16.7. The fourth-order valence-corrected chi connectivity index (χ4v) is 2.19. The molecular weight excluding hydrogens is 315 g/mol. The van der Waals surface area contributed by atoms with Crippen molar-refractivity contribution in [1.29, 1.82) is 0 Å². The van der Waals surface area contributed by atoms with Gasteiger partial charge in [-0.1, -0.05) is 12.1 Å². The molecule has 0 N–H and O–H groups in total. The summed E-state index contributed by atoms with van der Waals surface area (Å²) in [6.45, 7) is -0.375. The first-order valence-corrected chi connectivity index (χ1v) is 8.08. The summed E-state index contributed by atoms with van der Waals surface area (Å²) in [5.74, 6) is -1.40. The molecular formula is C18H15FO3S. The topological polar surface area (TPSA) is 43.4 Å². The van der Waals surface area contributed by atoms with E-state index in [2.05, 4.69) is 0 Å². The van der Waals surface area contributed by atoms with Crippen LogP contribution in [0.2, 0.25) is 0 Å². The molecule has 0 amide bonds. The van der Waals surface area contributed by atoms with Gasteiger partial charge in [0.1, 0.15) is 5.82 Å². The van der Waals surface area contributed by atoms with Crippen molar-refractivity contribution >= 4 is 29.6 Å². The number of carbonyl (C=O) groups excluding carboxylic acids is 2. The molecule has 0 aliphatic carbocycles. The monoisotopic (exact) mass is 330 g/mol. The van der Waals surface area contributed by atoms with Crippen molar-refractivity contribution in [2.24, 2.45) is 0 Å². The van der Waals surface area contributed by atoms with Crippen LogP contribution in [0.15, 0.2) is 59.5 Å². The average Bonchev–Trinajstić information content (AvgIpc) is 2.59. The third kappa shape index (κ3) is 5.38. The molecule has 0 saturated carbocycles. The van der Waals surface area contributed by atoms with Crippen molar-refractivity contribution in [3.05, 3.63) is 71.6 Å². The Morgan fingerprint density at radius 1 is 1.09 bits per heavy atom. The molecule has 0 aliphatic rings. The van der Waals surface area contributed by atoms with Crippen molar-refractivity contribution in [2.75, 3.05) is 12.9 Å². The summed E-state index contributed by atoms with van der Waals surface area (Å²) < 4.78 is 17.6. The number of hydrogen-bond acceptors (Lipinski definition) is 4. The average molecular weight is 330 g/mol. The third-order valence-electron chi connectivity index (χ3n) is 3.04. The molecule has 2 rings (SSSR count). The number of rotatable bonds is 6. The maximum atomic E-state index is 12.8. The molecule has 0 heterocycles. The normalized spacial score (nSPS) is 10.7. The Morgan fingerprint density at radius 3 is 2.35 bits per heavy atom. The molecule has 0 aromatic heterocycles. The Labute approximate surface area is 138 Å². The molecule has 5 heteroatoms. The van der Waals surface area contributed by atoms with E-state index in [1.165, 1.54) is 30.3 Å². The first-order chi connectivity index (χ1) is 11.1. The number of ketones is 1. The van der Waals surface area contributed by atoms with E-state index in [1.54, 1.807) is 17.8 Å². The quantitative estimate of drug-likeness (QED) is 0.348. The highest BCUT2D eigenvalue weighted by molar-refractivity contribution is 7.98. The van der Waals surface area contributed by atoms with Crippen LogP contribution in [0.25, 0.3) is 6.08 Å². The van der Waals surface area contributed by atoms with Crippen LogP contribution in [-0.4, -0.2) is 24.6 Å². The number of hydrogen-bond donors (Lipinski definition) is 0. The van der Waals surface area contributed by atoms with E-state index in [1.807, 2.05) is 30.5 Å². The van der Waals surface area contributed by atoms with Crippen LogP contribution in [-0.2, 0) is 9.53 Å². The Balaban J connectivity index is 1.85. The van der Waals surface area contributed by atoms with E-state index in [0.29, 0.717) is 5.56 Å². The first-order valence-electron chi connectivity index (χ1n) is 6.86. The highest BCUT2D eigenvalue weighted by atomic mass is 32.2. The number of halogens is 1. The van der Waals surface area contributed by atoms with Gasteiger partial charge in [-0.3, -0.25) is 4.79 Å². The van der Waals surface area contributed by atoms with Crippen molar-refractivity contribution in [2.45, 2.75) is 4.90 Å². The standard InChI is InChI=1S/C18H15FO3S/c1-23-16-9-2-13(3-10-16)4-11-18(21)22-12-17(20)14-5-7-15(19)8-6-14/h2-11H,12H2,1H3/b11-4+. The fourth-order valence-electron chi connectivity index (χ4n) is 1.78. The minimum absolute atomic E-state index is 0.302. The second kappa shape index (κ2) is 8.29. The lowest BCUT2D eigenvalue weighted by molar-refractivity contribution is -0.136. The molecule has 3 nitrogen and oxygen atoms in total. The number of Topliss-reactive ketones (excluding diaryl/α,β-unsaturated/α-hetero) is 1. The van der Waals surface area contributed by atoms with Gasteiger partial charge in [-0.2, -0.15) is 0 Å². The zero-order valence-corrected chi connectivity index (χ0v) is 13.3. The maximum Gasteiger partial charge on any atom is 0.331 e. The van der Waals surface area contributed by atoms with Gasteiger partial charge < -0.3 is 4.74 Å². The van der Waals surface area contributed by atoms with Crippen molar-refractivity contribution in [3.8, 4) is 0 Å². The van der Waals surface area contributed by atoms with Gasteiger partial charge >= 0.3 is 5.97 Å². The van der Waals surface area contributed by atoms with Crippen LogP contribution in [0, 0.1) is 5.82 Å². The van der Waals surface area contributed by atoms with Gasteiger partial charge in [0.25, 0.3) is 0 Å². The van der Waals surface area contributed by atoms with E-state index < -0.39 is 11.8 Å². The molecule has 0 spiro atoms. The van der Waals surface area contributed by atoms with Gasteiger partial charge in [0, 0.05) is 16.5 Å². The Morgan fingerprint density at radius 2 is 1.74 bits per heavy atom. The summed E-state index contributed by atoms with van der Waals surface area (Å²) in [5.41, 5.74) is 1.17. The highest BCUT2D eigenvalue weighted by Gasteiger charge is 2.08. The second-order valence-electron chi connectivity index (χ2n) is 4.64. The summed E-state index contributed by atoms with van der Waals surface area (Å²) in [7, 11) is 0. The number of carbonyl (C=O) groups is 2. The summed E-state index contributed by atoms with van der Waals surface area (Å²) in [6, 6.07) is 12.8. The molecule has 118 valence electrons. The molecule has 23 heavy (non-hydrogen) atoms. The van der Waals surface area contributed by atoms with Crippen LogP contribution < -0.4 is 0 Å². The van der Waals surface area contributed by atoms with Crippen LogP contribution in [0.3, 0.4) is 0 Å². The van der Waals surface area contributed by atoms with Gasteiger partial charge in [0.2, 0.25) is 0 Å². The molecule has 0 atom stereocenters.